The molecular weight excluding hydrogens is 452 g/mol. The lowest BCUT2D eigenvalue weighted by molar-refractivity contribution is -0.142. The van der Waals surface area contributed by atoms with Crippen LogP contribution in [-0.4, -0.2) is 74.8 Å². The number of nitrogens with zero attached hydrogens (tertiary/aromatic N) is 4. The maximum atomic E-state index is 12.9. The number of carbonyl (C=O) groups excluding carboxylic acids is 3. The quantitative estimate of drug-likeness (QED) is 0.554. The molecule has 3 amide bonds. The number of anilines is 1. The van der Waals surface area contributed by atoms with E-state index in [2.05, 4.69) is 15.3 Å². The minimum atomic E-state index is -0.641. The lowest BCUT2D eigenvalue weighted by Crippen LogP contribution is -2.63. The van der Waals surface area contributed by atoms with Gasteiger partial charge in [-0.15, -0.1) is 11.8 Å². The minimum absolute atomic E-state index is 0.0580. The Morgan fingerprint density at radius 1 is 1.03 bits per heavy atom. The van der Waals surface area contributed by atoms with Crippen molar-refractivity contribution in [3.63, 3.8) is 0 Å². The lowest BCUT2D eigenvalue weighted by atomic mass is 9.83. The zero-order valence-electron chi connectivity index (χ0n) is 19.3. The van der Waals surface area contributed by atoms with E-state index in [0.717, 1.165) is 30.8 Å². The van der Waals surface area contributed by atoms with E-state index in [9.17, 15) is 14.4 Å². The average Bonchev–Trinajstić information content (AvgIpc) is 3.30. The van der Waals surface area contributed by atoms with Crippen molar-refractivity contribution in [1.82, 2.24) is 19.6 Å². The van der Waals surface area contributed by atoms with Gasteiger partial charge in [-0.25, -0.2) is 0 Å². The van der Waals surface area contributed by atoms with Gasteiger partial charge < -0.3 is 16.0 Å². The van der Waals surface area contributed by atoms with Crippen LogP contribution in [0, 0.1) is 0 Å². The predicted octanol–water partition coefficient (Wildman–Crippen LogP) is 1.95. The van der Waals surface area contributed by atoms with Gasteiger partial charge in [0.05, 0.1) is 17.6 Å². The van der Waals surface area contributed by atoms with Crippen molar-refractivity contribution in [2.45, 2.75) is 49.1 Å². The summed E-state index contributed by atoms with van der Waals surface area (Å²) in [5, 5.41) is 7.04. The van der Waals surface area contributed by atoms with Crippen LogP contribution in [-0.2, 0) is 20.9 Å². The van der Waals surface area contributed by atoms with Crippen LogP contribution in [0.1, 0.15) is 32.1 Å². The third-order valence-corrected chi connectivity index (χ3v) is 7.70. The zero-order valence-corrected chi connectivity index (χ0v) is 20.1. The van der Waals surface area contributed by atoms with Gasteiger partial charge in [-0.05, 0) is 50.9 Å². The summed E-state index contributed by atoms with van der Waals surface area (Å²) in [6.45, 7) is 2.87. The summed E-state index contributed by atoms with van der Waals surface area (Å²) in [4.78, 5) is 42.5. The molecule has 1 aromatic carbocycles. The number of aromatic nitrogens is 2. The Bertz CT molecular complexity index is 997. The molecule has 0 bridgehead atoms. The van der Waals surface area contributed by atoms with Gasteiger partial charge in [-0.1, -0.05) is 24.6 Å². The van der Waals surface area contributed by atoms with Crippen LogP contribution < -0.4 is 11.1 Å². The fourth-order valence-corrected chi connectivity index (χ4v) is 5.50. The van der Waals surface area contributed by atoms with E-state index in [1.165, 1.54) is 22.9 Å². The van der Waals surface area contributed by atoms with E-state index >= 15 is 0 Å². The van der Waals surface area contributed by atoms with Gasteiger partial charge in [0.25, 0.3) is 0 Å². The van der Waals surface area contributed by atoms with E-state index in [-0.39, 0.29) is 24.3 Å². The highest BCUT2D eigenvalue weighted by Gasteiger charge is 2.45. The molecule has 34 heavy (non-hydrogen) atoms. The first-order valence-electron chi connectivity index (χ1n) is 11.8. The maximum absolute atomic E-state index is 12.9. The largest absolute Gasteiger partial charge is 0.368 e. The third-order valence-electron chi connectivity index (χ3n) is 6.69. The van der Waals surface area contributed by atoms with E-state index in [4.69, 9.17) is 5.73 Å². The molecule has 0 radical (unpaired) electrons. The first-order chi connectivity index (χ1) is 16.5. The number of thioether (sulfide) groups is 1. The molecule has 2 aliphatic rings. The average molecular weight is 485 g/mol. The minimum Gasteiger partial charge on any atom is -0.368 e. The highest BCUT2D eigenvalue weighted by atomic mass is 32.2. The second-order valence-corrected chi connectivity index (χ2v) is 9.95. The van der Waals surface area contributed by atoms with Gasteiger partial charge in [0, 0.05) is 24.2 Å². The molecule has 1 aromatic heterocycles. The van der Waals surface area contributed by atoms with Gasteiger partial charge in [-0.2, -0.15) is 5.10 Å². The second kappa shape index (κ2) is 11.1. The van der Waals surface area contributed by atoms with Crippen molar-refractivity contribution in [2.24, 2.45) is 5.73 Å². The molecule has 182 valence electrons. The normalized spacial score (nSPS) is 18.4. The number of amides is 3. The van der Waals surface area contributed by atoms with E-state index in [1.54, 1.807) is 17.3 Å². The molecule has 0 atom stereocenters. The van der Waals surface area contributed by atoms with Crippen molar-refractivity contribution in [2.75, 3.05) is 37.2 Å². The summed E-state index contributed by atoms with van der Waals surface area (Å²) >= 11 is 1.46. The summed E-state index contributed by atoms with van der Waals surface area (Å²) in [5.74, 6) is -0.173. The van der Waals surface area contributed by atoms with Crippen molar-refractivity contribution >= 4 is 35.2 Å². The van der Waals surface area contributed by atoms with E-state index in [1.807, 2.05) is 30.3 Å². The molecule has 10 heteroatoms. The fourth-order valence-electron chi connectivity index (χ4n) is 4.78. The molecule has 9 nitrogen and oxygen atoms in total. The second-order valence-electron chi connectivity index (χ2n) is 8.90. The number of hydrogen-bond donors (Lipinski definition) is 2. The third kappa shape index (κ3) is 5.79. The van der Waals surface area contributed by atoms with Crippen LogP contribution in [0.4, 0.5) is 5.69 Å². The molecular formula is C24H32N6O3S. The van der Waals surface area contributed by atoms with Crippen molar-refractivity contribution < 1.29 is 14.4 Å². The summed E-state index contributed by atoms with van der Waals surface area (Å²) in [6.07, 6.45) is 7.69. The van der Waals surface area contributed by atoms with Crippen LogP contribution in [0.3, 0.4) is 0 Å². The van der Waals surface area contributed by atoms with E-state index in [0.29, 0.717) is 37.4 Å². The number of likely N-dealkylation sites (tertiary alicyclic amines) is 2. The molecule has 2 saturated heterocycles. The zero-order chi connectivity index (χ0) is 24.0. The highest BCUT2D eigenvalue weighted by Crippen LogP contribution is 2.31. The topological polar surface area (TPSA) is 114 Å². The molecule has 2 fully saturated rings. The summed E-state index contributed by atoms with van der Waals surface area (Å²) in [6, 6.07) is 9.73. The number of benzene rings is 1. The lowest BCUT2D eigenvalue weighted by Gasteiger charge is -2.48. The van der Waals surface area contributed by atoms with Crippen molar-refractivity contribution in [1.29, 1.82) is 0 Å². The molecule has 3 N–H and O–H groups in total. The van der Waals surface area contributed by atoms with Crippen molar-refractivity contribution in [3.05, 3.63) is 42.7 Å². The molecule has 2 aromatic rings. The number of primary amides is 1. The molecule has 0 aliphatic carbocycles. The maximum Gasteiger partial charge on any atom is 0.244 e. The van der Waals surface area contributed by atoms with Crippen LogP contribution in [0.25, 0.3) is 0 Å². The number of carbonyl (C=O) groups is 3. The number of nitrogens with one attached hydrogen (secondary N) is 1. The summed E-state index contributed by atoms with van der Waals surface area (Å²) in [7, 11) is 0. The van der Waals surface area contributed by atoms with Gasteiger partial charge >= 0.3 is 0 Å². The van der Waals surface area contributed by atoms with Crippen LogP contribution in [0.2, 0.25) is 0 Å². The fraction of sp³-hybridized carbons (Fsp3) is 0.500. The van der Waals surface area contributed by atoms with E-state index < -0.39 is 5.54 Å². The monoisotopic (exact) mass is 484 g/mol. The van der Waals surface area contributed by atoms with Gasteiger partial charge in [0.15, 0.2) is 0 Å². The Balaban J connectivity index is 1.26. The van der Waals surface area contributed by atoms with Crippen LogP contribution >= 0.6 is 11.8 Å². The number of nitrogens with two attached hydrogens (primary N) is 1. The Morgan fingerprint density at radius 2 is 1.74 bits per heavy atom. The molecule has 3 heterocycles. The Labute approximate surface area is 204 Å². The van der Waals surface area contributed by atoms with Crippen LogP contribution in [0.15, 0.2) is 47.6 Å². The van der Waals surface area contributed by atoms with Gasteiger partial charge in [0.2, 0.25) is 17.7 Å². The standard InChI is InChI=1S/C24H32N6O3S/c25-23(33)24(29-11-5-2-6-12-29)9-13-28(14-10-24)22(32)17-30-16-19(15-26-30)27-21(31)18-34-20-7-3-1-4-8-20/h1,3-4,7-8,15-16H,2,5-6,9-14,17-18H2,(H2,25,33)(H,27,31). The molecule has 4 rings (SSSR count). The molecule has 0 unspecified atom stereocenters. The number of hydrogen-bond acceptors (Lipinski definition) is 6. The molecule has 0 saturated carbocycles. The SMILES string of the molecule is NC(=O)C1(N2CCCCC2)CCN(C(=O)Cn2cc(NC(=O)CSc3ccccc3)cn2)CC1. The first kappa shape index (κ1) is 24.3. The molecule has 0 spiro atoms. The van der Waals surface area contributed by atoms with Gasteiger partial charge in [-0.3, -0.25) is 24.0 Å². The highest BCUT2D eigenvalue weighted by molar-refractivity contribution is 8.00. The molecule has 2 aliphatic heterocycles. The first-order valence-corrected chi connectivity index (χ1v) is 12.8. The Hall–Kier alpha value is -2.85. The van der Waals surface area contributed by atoms with Gasteiger partial charge in [0.1, 0.15) is 12.1 Å². The van der Waals surface area contributed by atoms with Crippen LogP contribution in [0.5, 0.6) is 0 Å². The number of piperidine rings is 2. The summed E-state index contributed by atoms with van der Waals surface area (Å²) in [5.41, 5.74) is 5.76. The van der Waals surface area contributed by atoms with Crippen molar-refractivity contribution in [3.8, 4) is 0 Å². The predicted molar refractivity (Wildman–Crippen MR) is 131 cm³/mol. The Morgan fingerprint density at radius 3 is 2.41 bits per heavy atom. The smallest absolute Gasteiger partial charge is 0.244 e. The summed E-state index contributed by atoms with van der Waals surface area (Å²) < 4.78 is 1.53. The number of rotatable bonds is 8. The Kier molecular flexibility index (Phi) is 7.89.